The molecule has 0 spiro atoms. The van der Waals surface area contributed by atoms with Crippen molar-refractivity contribution in [2.75, 3.05) is 0 Å². The van der Waals surface area contributed by atoms with Gasteiger partial charge in [-0.25, -0.2) is 4.98 Å². The zero-order valence-corrected chi connectivity index (χ0v) is 12.4. The molecular weight excluding hydrogens is 266 g/mol. The van der Waals surface area contributed by atoms with Crippen LogP contribution in [0.15, 0.2) is 20.9 Å². The Bertz CT molecular complexity index is 493. The van der Waals surface area contributed by atoms with Gasteiger partial charge in [0.25, 0.3) is 0 Å². The van der Waals surface area contributed by atoms with Gasteiger partial charge in [0.05, 0.1) is 12.3 Å². The Morgan fingerprint density at radius 3 is 2.83 bits per heavy atom. The van der Waals surface area contributed by atoms with Crippen LogP contribution in [0.1, 0.15) is 31.2 Å². The van der Waals surface area contributed by atoms with Gasteiger partial charge >= 0.3 is 0 Å². The van der Waals surface area contributed by atoms with Crippen LogP contribution in [-0.2, 0) is 12.3 Å². The quantitative estimate of drug-likeness (QED) is 0.825. The van der Waals surface area contributed by atoms with E-state index in [0.29, 0.717) is 6.04 Å². The molecule has 0 fully saturated rings. The van der Waals surface area contributed by atoms with Gasteiger partial charge < -0.3 is 9.73 Å². The van der Waals surface area contributed by atoms with Crippen molar-refractivity contribution in [2.45, 2.75) is 43.5 Å². The van der Waals surface area contributed by atoms with E-state index in [1.807, 2.05) is 19.1 Å². The summed E-state index contributed by atoms with van der Waals surface area (Å²) in [5.74, 6) is 3.60. The van der Waals surface area contributed by atoms with Crippen LogP contribution in [0.4, 0.5) is 0 Å². The summed E-state index contributed by atoms with van der Waals surface area (Å²) in [6.45, 7) is 6.93. The van der Waals surface area contributed by atoms with E-state index in [-0.39, 0.29) is 0 Å². The summed E-state index contributed by atoms with van der Waals surface area (Å²) in [7, 11) is 0. The van der Waals surface area contributed by atoms with E-state index in [1.54, 1.807) is 11.8 Å². The number of rotatable bonds is 6. The Labute approximate surface area is 115 Å². The van der Waals surface area contributed by atoms with E-state index < -0.39 is 0 Å². The van der Waals surface area contributed by atoms with Gasteiger partial charge in [0, 0.05) is 6.04 Å². The molecule has 0 aromatic carbocycles. The number of nitrogens with zero attached hydrogens (tertiary/aromatic N) is 2. The molecule has 4 nitrogen and oxygen atoms in total. The summed E-state index contributed by atoms with van der Waals surface area (Å²) < 4.78 is 10.9. The molecule has 0 aliphatic rings. The Morgan fingerprint density at radius 2 is 2.17 bits per heavy atom. The highest BCUT2D eigenvalue weighted by Crippen LogP contribution is 2.25. The minimum atomic E-state index is 0.470. The molecule has 0 bridgehead atoms. The van der Waals surface area contributed by atoms with Gasteiger partial charge in [-0.15, -0.1) is 0 Å². The first-order valence-electron chi connectivity index (χ1n) is 5.87. The maximum atomic E-state index is 5.74. The molecule has 0 saturated carbocycles. The van der Waals surface area contributed by atoms with E-state index in [4.69, 9.17) is 4.42 Å². The van der Waals surface area contributed by atoms with E-state index in [2.05, 4.69) is 28.5 Å². The smallest absolute Gasteiger partial charge is 0.170 e. The number of hydrogen-bond donors (Lipinski definition) is 1. The summed E-state index contributed by atoms with van der Waals surface area (Å²) in [6, 6.07) is 4.52. The van der Waals surface area contributed by atoms with Gasteiger partial charge in [-0.3, -0.25) is 0 Å². The second-order valence-electron chi connectivity index (χ2n) is 4.30. The van der Waals surface area contributed by atoms with Gasteiger partial charge in [0.15, 0.2) is 4.34 Å². The van der Waals surface area contributed by atoms with Gasteiger partial charge in [0.1, 0.15) is 17.3 Å². The van der Waals surface area contributed by atoms with Crippen LogP contribution in [0.25, 0.3) is 0 Å². The Hall–Kier alpha value is -0.850. The highest BCUT2D eigenvalue weighted by atomic mass is 32.2. The second kappa shape index (κ2) is 6.36. The molecule has 0 saturated heterocycles. The lowest BCUT2D eigenvalue weighted by molar-refractivity contribution is 0.445. The average Bonchev–Trinajstić information content (AvgIpc) is 2.93. The second-order valence-corrected chi connectivity index (χ2v) is 6.27. The molecule has 0 radical (unpaired) electrons. The Balaban J connectivity index is 1.83. The van der Waals surface area contributed by atoms with E-state index in [1.165, 1.54) is 11.5 Å². The van der Waals surface area contributed by atoms with Crippen molar-refractivity contribution in [1.29, 1.82) is 0 Å². The molecule has 0 unspecified atom stereocenters. The standard InChI is InChI=1S/C12H17N3OS2/c1-8(2)13-6-10-4-5-11(16-10)7-17-12-14-9(3)15-18-12/h4-5,8,13H,6-7H2,1-3H3. The summed E-state index contributed by atoms with van der Waals surface area (Å²) in [4.78, 5) is 4.31. The van der Waals surface area contributed by atoms with Gasteiger partial charge in [-0.2, -0.15) is 4.37 Å². The van der Waals surface area contributed by atoms with Crippen LogP contribution in [0, 0.1) is 6.92 Å². The SMILES string of the molecule is Cc1nsc(SCc2ccc(CNC(C)C)o2)n1. The molecular formula is C12H17N3OS2. The van der Waals surface area contributed by atoms with Gasteiger partial charge in [0.2, 0.25) is 0 Å². The predicted molar refractivity (Wildman–Crippen MR) is 74.9 cm³/mol. The van der Waals surface area contributed by atoms with Gasteiger partial charge in [-0.05, 0) is 30.6 Å². The highest BCUT2D eigenvalue weighted by Gasteiger charge is 2.06. The van der Waals surface area contributed by atoms with Crippen LogP contribution >= 0.6 is 23.3 Å². The van der Waals surface area contributed by atoms with Crippen molar-refractivity contribution in [3.8, 4) is 0 Å². The third-order valence-corrected chi connectivity index (χ3v) is 4.20. The van der Waals surface area contributed by atoms with Crippen LogP contribution in [0.3, 0.4) is 0 Å². The minimum absolute atomic E-state index is 0.470. The fourth-order valence-corrected chi connectivity index (χ4v) is 2.91. The van der Waals surface area contributed by atoms with Crippen LogP contribution < -0.4 is 5.32 Å². The van der Waals surface area contributed by atoms with Crippen molar-refractivity contribution in [1.82, 2.24) is 14.7 Å². The maximum absolute atomic E-state index is 5.74. The van der Waals surface area contributed by atoms with E-state index in [0.717, 1.165) is 34.0 Å². The maximum Gasteiger partial charge on any atom is 0.170 e. The molecule has 2 aromatic rings. The van der Waals surface area contributed by atoms with Crippen molar-refractivity contribution in [3.05, 3.63) is 29.5 Å². The van der Waals surface area contributed by atoms with Crippen molar-refractivity contribution >= 4 is 23.3 Å². The summed E-state index contributed by atoms with van der Waals surface area (Å²) in [5.41, 5.74) is 0. The minimum Gasteiger partial charge on any atom is -0.464 e. The van der Waals surface area contributed by atoms with Crippen LogP contribution in [0.2, 0.25) is 0 Å². The Morgan fingerprint density at radius 1 is 1.39 bits per heavy atom. The van der Waals surface area contributed by atoms with Gasteiger partial charge in [-0.1, -0.05) is 25.6 Å². The summed E-state index contributed by atoms with van der Waals surface area (Å²) in [6.07, 6.45) is 0. The molecule has 6 heteroatoms. The number of furan rings is 1. The fourth-order valence-electron chi connectivity index (χ4n) is 1.37. The Kier molecular flexibility index (Phi) is 4.79. The number of thioether (sulfide) groups is 1. The molecule has 0 aliphatic heterocycles. The third kappa shape index (κ3) is 4.12. The first kappa shape index (κ1) is 13.6. The van der Waals surface area contributed by atoms with Crippen molar-refractivity contribution in [2.24, 2.45) is 0 Å². The molecule has 1 N–H and O–H groups in total. The van der Waals surface area contributed by atoms with E-state index in [9.17, 15) is 0 Å². The monoisotopic (exact) mass is 283 g/mol. The first-order chi connectivity index (χ1) is 8.63. The topological polar surface area (TPSA) is 51.0 Å². The molecule has 98 valence electrons. The summed E-state index contributed by atoms with van der Waals surface area (Å²) >= 11 is 3.10. The molecule has 2 rings (SSSR count). The number of aromatic nitrogens is 2. The molecule has 2 heterocycles. The molecule has 18 heavy (non-hydrogen) atoms. The predicted octanol–water partition coefficient (Wildman–Crippen LogP) is 3.23. The van der Waals surface area contributed by atoms with E-state index >= 15 is 0 Å². The first-order valence-corrected chi connectivity index (χ1v) is 7.63. The zero-order valence-electron chi connectivity index (χ0n) is 10.8. The third-order valence-electron chi connectivity index (χ3n) is 2.25. The van der Waals surface area contributed by atoms with Crippen molar-refractivity contribution in [3.63, 3.8) is 0 Å². The molecule has 2 aromatic heterocycles. The fraction of sp³-hybridized carbons (Fsp3) is 0.500. The molecule has 0 amide bonds. The zero-order chi connectivity index (χ0) is 13.0. The van der Waals surface area contributed by atoms with Crippen molar-refractivity contribution < 1.29 is 4.42 Å². The lowest BCUT2D eigenvalue weighted by Gasteiger charge is -2.04. The highest BCUT2D eigenvalue weighted by molar-refractivity contribution is 8.00. The normalized spacial score (nSPS) is 11.3. The largest absolute Gasteiger partial charge is 0.464 e. The number of nitrogens with one attached hydrogen (secondary N) is 1. The molecule has 0 atom stereocenters. The number of aryl methyl sites for hydroxylation is 1. The lowest BCUT2D eigenvalue weighted by Crippen LogP contribution is -2.21. The average molecular weight is 283 g/mol. The van der Waals surface area contributed by atoms with Crippen LogP contribution in [-0.4, -0.2) is 15.4 Å². The summed E-state index contributed by atoms with van der Waals surface area (Å²) in [5, 5.41) is 3.33. The number of hydrogen-bond acceptors (Lipinski definition) is 6. The molecule has 0 aliphatic carbocycles. The van der Waals surface area contributed by atoms with Crippen LogP contribution in [0.5, 0.6) is 0 Å². The lowest BCUT2D eigenvalue weighted by atomic mass is 10.3.